The molecule has 0 unspecified atom stereocenters. The van der Waals surface area contributed by atoms with Gasteiger partial charge in [-0.2, -0.15) is 10.4 Å². The maximum atomic E-state index is 14.0. The van der Waals surface area contributed by atoms with Gasteiger partial charge in [0, 0.05) is 24.5 Å². The molecule has 1 aliphatic rings. The van der Waals surface area contributed by atoms with Crippen LogP contribution in [0.1, 0.15) is 16.7 Å². The number of H-pyrrole nitrogens is 1. The summed E-state index contributed by atoms with van der Waals surface area (Å²) >= 11 is 6.00. The summed E-state index contributed by atoms with van der Waals surface area (Å²) in [6.07, 6.45) is 3.70. The molecule has 2 aromatic carbocycles. The fourth-order valence-corrected chi connectivity index (χ4v) is 4.14. The summed E-state index contributed by atoms with van der Waals surface area (Å²) in [7, 11) is 0. The first-order valence-electron chi connectivity index (χ1n) is 10.4. The molecule has 0 saturated heterocycles. The number of nitriles is 1. The second-order valence-corrected chi connectivity index (χ2v) is 8.05. The molecule has 2 N–H and O–H groups in total. The molecular weight excluding hydrogens is 457 g/mol. The van der Waals surface area contributed by atoms with E-state index in [9.17, 15) is 14.4 Å². The van der Waals surface area contributed by atoms with Gasteiger partial charge in [0.2, 0.25) is 11.9 Å². The zero-order valence-corrected chi connectivity index (χ0v) is 18.5. The highest BCUT2D eigenvalue weighted by Crippen LogP contribution is 2.36. The number of fused-ring (bicyclic) bond motifs is 1. The number of halogens is 2. The summed E-state index contributed by atoms with van der Waals surface area (Å²) in [4.78, 5) is 23.3. The zero-order chi connectivity index (χ0) is 23.7. The van der Waals surface area contributed by atoms with Crippen LogP contribution in [-0.2, 0) is 17.6 Å². The van der Waals surface area contributed by atoms with E-state index in [0.717, 1.165) is 11.1 Å². The quantitative estimate of drug-likeness (QED) is 0.444. The molecular formula is C24H17ClFN7O. The van der Waals surface area contributed by atoms with Crippen molar-refractivity contribution in [3.05, 3.63) is 82.5 Å². The highest BCUT2D eigenvalue weighted by atomic mass is 35.5. The number of benzene rings is 2. The van der Waals surface area contributed by atoms with Crippen LogP contribution in [0.15, 0.2) is 54.9 Å². The summed E-state index contributed by atoms with van der Waals surface area (Å²) in [6.45, 7) is 0.427. The Bertz CT molecular complexity index is 1450. The Kier molecular flexibility index (Phi) is 5.65. The number of hydrogen-bond acceptors (Lipinski definition) is 6. The molecule has 10 heteroatoms. The molecule has 2 aromatic heterocycles. The first-order valence-corrected chi connectivity index (χ1v) is 10.8. The second kappa shape index (κ2) is 8.92. The van der Waals surface area contributed by atoms with E-state index in [1.807, 2.05) is 6.07 Å². The van der Waals surface area contributed by atoms with Gasteiger partial charge in [-0.25, -0.2) is 14.4 Å². The van der Waals surface area contributed by atoms with Gasteiger partial charge in [0.1, 0.15) is 11.9 Å². The normalized spacial score (nSPS) is 12.3. The summed E-state index contributed by atoms with van der Waals surface area (Å²) in [5.74, 6) is -0.351. The van der Waals surface area contributed by atoms with Crippen LogP contribution in [0.2, 0.25) is 5.15 Å². The average molecular weight is 474 g/mol. The lowest BCUT2D eigenvalue weighted by atomic mass is 10.0. The van der Waals surface area contributed by atoms with E-state index in [4.69, 9.17) is 11.6 Å². The van der Waals surface area contributed by atoms with Crippen LogP contribution in [0.3, 0.4) is 0 Å². The SMILES string of the molecule is N#Cc1cc(-c2ccnc(Nc3c[nH]nc3Cl)n2)cc2c1N(C(=O)Cc1ccccc1F)CC2. The number of aromatic nitrogens is 4. The Morgan fingerprint density at radius 1 is 1.29 bits per heavy atom. The molecule has 0 radical (unpaired) electrons. The second-order valence-electron chi connectivity index (χ2n) is 7.69. The van der Waals surface area contributed by atoms with Crippen molar-refractivity contribution >= 4 is 34.8 Å². The van der Waals surface area contributed by atoms with Crippen molar-refractivity contribution in [3.63, 3.8) is 0 Å². The predicted octanol–water partition coefficient (Wildman–Crippen LogP) is 4.41. The van der Waals surface area contributed by atoms with Crippen LogP contribution >= 0.6 is 11.6 Å². The number of aromatic amines is 1. The summed E-state index contributed by atoms with van der Waals surface area (Å²) in [5.41, 5.74) is 3.99. The standard InChI is InChI=1S/C24H17ClFN7O/c25-23-20(13-29-32-23)31-24-28-7-5-19(30-24)16-9-15-6-8-33(22(15)17(10-16)12-27)21(34)11-14-3-1-2-4-18(14)26/h1-5,7,9-10,13H,6,8,11H2,(H,29,32)(H,28,30,31). The molecule has 1 amide bonds. The van der Waals surface area contributed by atoms with Gasteiger partial charge in [-0.1, -0.05) is 29.8 Å². The van der Waals surface area contributed by atoms with Crippen molar-refractivity contribution in [2.75, 3.05) is 16.8 Å². The highest BCUT2D eigenvalue weighted by molar-refractivity contribution is 6.32. The van der Waals surface area contributed by atoms with Crippen molar-refractivity contribution in [1.29, 1.82) is 5.26 Å². The lowest BCUT2D eigenvalue weighted by Crippen LogP contribution is -2.31. The molecule has 0 bridgehead atoms. The number of carbonyl (C=O) groups excluding carboxylic acids is 1. The van der Waals surface area contributed by atoms with Crippen LogP contribution in [0, 0.1) is 17.1 Å². The zero-order valence-electron chi connectivity index (χ0n) is 17.7. The molecule has 1 aliphatic heterocycles. The van der Waals surface area contributed by atoms with Gasteiger partial charge in [-0.05, 0) is 41.8 Å². The van der Waals surface area contributed by atoms with E-state index in [0.29, 0.717) is 47.1 Å². The Balaban J connectivity index is 1.44. The monoisotopic (exact) mass is 473 g/mol. The number of carbonyl (C=O) groups is 1. The third-order valence-corrected chi connectivity index (χ3v) is 5.86. The number of hydrogen-bond donors (Lipinski definition) is 2. The Morgan fingerprint density at radius 2 is 2.15 bits per heavy atom. The fraction of sp³-hybridized carbons (Fsp3) is 0.125. The third-order valence-electron chi connectivity index (χ3n) is 5.58. The minimum Gasteiger partial charge on any atom is -0.320 e. The van der Waals surface area contributed by atoms with Crippen LogP contribution < -0.4 is 10.2 Å². The summed E-state index contributed by atoms with van der Waals surface area (Å²) in [6, 6.07) is 13.8. The van der Waals surface area contributed by atoms with Gasteiger partial charge >= 0.3 is 0 Å². The minimum absolute atomic E-state index is 0.0732. The van der Waals surface area contributed by atoms with Crippen LogP contribution in [0.5, 0.6) is 0 Å². The molecule has 3 heterocycles. The molecule has 0 fully saturated rings. The van der Waals surface area contributed by atoms with Crippen molar-refractivity contribution in [1.82, 2.24) is 20.2 Å². The molecule has 4 aromatic rings. The van der Waals surface area contributed by atoms with Crippen molar-refractivity contribution in [2.24, 2.45) is 0 Å². The van der Waals surface area contributed by atoms with Gasteiger partial charge in [0.15, 0.2) is 5.15 Å². The minimum atomic E-state index is -0.420. The van der Waals surface area contributed by atoms with Gasteiger partial charge in [-0.15, -0.1) is 0 Å². The van der Waals surface area contributed by atoms with E-state index in [-0.39, 0.29) is 17.5 Å². The van der Waals surface area contributed by atoms with Crippen LogP contribution in [-0.4, -0.2) is 32.6 Å². The molecule has 0 spiro atoms. The van der Waals surface area contributed by atoms with Crippen LogP contribution in [0.4, 0.5) is 21.7 Å². The van der Waals surface area contributed by atoms with E-state index in [1.165, 1.54) is 6.07 Å². The topological polar surface area (TPSA) is 111 Å². The third kappa shape index (κ3) is 4.07. The largest absolute Gasteiger partial charge is 0.320 e. The maximum Gasteiger partial charge on any atom is 0.231 e. The molecule has 0 saturated carbocycles. The lowest BCUT2D eigenvalue weighted by Gasteiger charge is -2.19. The van der Waals surface area contributed by atoms with Gasteiger partial charge < -0.3 is 10.2 Å². The van der Waals surface area contributed by atoms with Crippen LogP contribution in [0.25, 0.3) is 11.3 Å². The van der Waals surface area contributed by atoms with Gasteiger partial charge in [-0.3, -0.25) is 9.89 Å². The summed E-state index contributed by atoms with van der Waals surface area (Å²) < 4.78 is 14.0. The first-order chi connectivity index (χ1) is 16.5. The molecule has 0 atom stereocenters. The summed E-state index contributed by atoms with van der Waals surface area (Å²) in [5, 5.41) is 19.6. The van der Waals surface area contributed by atoms with E-state index < -0.39 is 5.82 Å². The van der Waals surface area contributed by atoms with Gasteiger partial charge in [0.25, 0.3) is 0 Å². The molecule has 8 nitrogen and oxygen atoms in total. The number of rotatable bonds is 5. The Hall–Kier alpha value is -4.29. The Labute approximate surface area is 199 Å². The molecule has 34 heavy (non-hydrogen) atoms. The van der Waals surface area contributed by atoms with Crippen molar-refractivity contribution in [2.45, 2.75) is 12.8 Å². The average Bonchev–Trinajstić information content (AvgIpc) is 3.46. The Morgan fingerprint density at radius 3 is 2.91 bits per heavy atom. The molecule has 5 rings (SSSR count). The van der Waals surface area contributed by atoms with E-state index in [1.54, 1.807) is 47.6 Å². The number of amides is 1. The maximum absolute atomic E-state index is 14.0. The molecule has 168 valence electrons. The lowest BCUT2D eigenvalue weighted by molar-refractivity contribution is -0.117. The van der Waals surface area contributed by atoms with E-state index >= 15 is 0 Å². The highest BCUT2D eigenvalue weighted by Gasteiger charge is 2.29. The number of nitrogens with one attached hydrogen (secondary N) is 2. The van der Waals surface area contributed by atoms with E-state index in [2.05, 4.69) is 31.6 Å². The van der Waals surface area contributed by atoms with Gasteiger partial charge in [0.05, 0.1) is 29.1 Å². The first kappa shape index (κ1) is 21.6. The fourth-order valence-electron chi connectivity index (χ4n) is 3.99. The molecule has 0 aliphatic carbocycles. The smallest absolute Gasteiger partial charge is 0.231 e. The predicted molar refractivity (Wildman–Crippen MR) is 125 cm³/mol. The number of nitrogens with zero attached hydrogens (tertiary/aromatic N) is 5. The number of anilines is 3. The van der Waals surface area contributed by atoms with Crippen molar-refractivity contribution in [3.8, 4) is 17.3 Å². The van der Waals surface area contributed by atoms with Crippen molar-refractivity contribution < 1.29 is 9.18 Å².